The van der Waals surface area contributed by atoms with E-state index in [9.17, 15) is 9.59 Å². The minimum Gasteiger partial charge on any atom is -0.465 e. The number of ether oxygens (including phenoxy) is 2. The van der Waals surface area contributed by atoms with E-state index in [0.29, 0.717) is 6.61 Å². The van der Waals surface area contributed by atoms with Crippen molar-refractivity contribution in [1.82, 2.24) is 0 Å². The molecular weight excluding hydrogens is 256 g/mol. The van der Waals surface area contributed by atoms with Crippen molar-refractivity contribution in [3.8, 4) is 0 Å². The van der Waals surface area contributed by atoms with Crippen LogP contribution in [-0.2, 0) is 19.1 Å². The summed E-state index contributed by atoms with van der Waals surface area (Å²) in [4.78, 5) is 22.9. The average molecular weight is 286 g/mol. The molecular formula is C16H30O4. The fourth-order valence-electron chi connectivity index (χ4n) is 1.88. The first-order chi connectivity index (χ1) is 9.60. The summed E-state index contributed by atoms with van der Waals surface area (Å²) in [5.74, 6) is -0.960. The Kier molecular flexibility index (Phi) is 12.3. The maximum Gasteiger partial charge on any atom is 0.317 e. The van der Waals surface area contributed by atoms with Gasteiger partial charge >= 0.3 is 11.9 Å². The summed E-state index contributed by atoms with van der Waals surface area (Å²) in [6.45, 7) is 6.51. The van der Waals surface area contributed by atoms with Crippen LogP contribution in [-0.4, -0.2) is 24.6 Å². The van der Waals surface area contributed by atoms with Gasteiger partial charge in [-0.15, -0.1) is 0 Å². The lowest BCUT2D eigenvalue weighted by Crippen LogP contribution is -2.19. The zero-order valence-corrected chi connectivity index (χ0v) is 13.3. The van der Waals surface area contributed by atoms with E-state index in [-0.39, 0.29) is 12.5 Å². The smallest absolute Gasteiger partial charge is 0.317 e. The lowest BCUT2D eigenvalue weighted by Gasteiger charge is -2.12. The predicted octanol–water partition coefficient (Wildman–Crippen LogP) is 4.01. The van der Waals surface area contributed by atoms with Gasteiger partial charge in [0.25, 0.3) is 0 Å². The number of hydrogen-bond donors (Lipinski definition) is 0. The molecule has 0 bridgehead atoms. The molecule has 0 fully saturated rings. The third kappa shape index (κ3) is 12.0. The maximum absolute atomic E-state index is 11.5. The van der Waals surface area contributed by atoms with E-state index in [1.54, 1.807) is 0 Å². The summed E-state index contributed by atoms with van der Waals surface area (Å²) in [5, 5.41) is 0. The van der Waals surface area contributed by atoms with Crippen LogP contribution in [0.3, 0.4) is 0 Å². The summed E-state index contributed by atoms with van der Waals surface area (Å²) >= 11 is 0. The van der Waals surface area contributed by atoms with E-state index in [1.165, 1.54) is 19.3 Å². The molecule has 0 aliphatic rings. The zero-order chi connectivity index (χ0) is 15.2. The molecule has 0 aliphatic heterocycles. The Hall–Kier alpha value is -1.06. The molecule has 0 radical (unpaired) electrons. The second kappa shape index (κ2) is 12.9. The Morgan fingerprint density at radius 3 is 2.20 bits per heavy atom. The molecule has 0 heterocycles. The molecule has 1 atom stereocenters. The fraction of sp³-hybridized carbons (Fsp3) is 0.875. The van der Waals surface area contributed by atoms with E-state index in [2.05, 4.69) is 13.8 Å². The van der Waals surface area contributed by atoms with Crippen LogP contribution in [0.4, 0.5) is 0 Å². The molecule has 1 unspecified atom stereocenters. The van der Waals surface area contributed by atoms with Gasteiger partial charge in [-0.2, -0.15) is 0 Å². The Balaban J connectivity index is 3.56. The van der Waals surface area contributed by atoms with E-state index < -0.39 is 11.9 Å². The molecule has 0 aromatic heterocycles. The monoisotopic (exact) mass is 286 g/mol. The number of unbranched alkanes of at least 4 members (excludes halogenated alkanes) is 5. The molecule has 4 nitrogen and oxygen atoms in total. The van der Waals surface area contributed by atoms with E-state index in [4.69, 9.17) is 9.47 Å². The lowest BCUT2D eigenvalue weighted by molar-refractivity contribution is -0.157. The Morgan fingerprint density at radius 1 is 0.900 bits per heavy atom. The van der Waals surface area contributed by atoms with Crippen LogP contribution < -0.4 is 0 Å². The first-order valence-electron chi connectivity index (χ1n) is 7.95. The van der Waals surface area contributed by atoms with Gasteiger partial charge in [-0.1, -0.05) is 52.4 Å². The van der Waals surface area contributed by atoms with Crippen LogP contribution in [0.15, 0.2) is 0 Å². The molecule has 0 saturated heterocycles. The highest BCUT2D eigenvalue weighted by Crippen LogP contribution is 2.06. The third-order valence-corrected chi connectivity index (χ3v) is 3.10. The summed E-state index contributed by atoms with van der Waals surface area (Å²) in [6.07, 6.45) is 8.07. The number of rotatable bonds is 12. The van der Waals surface area contributed by atoms with Crippen molar-refractivity contribution in [1.29, 1.82) is 0 Å². The van der Waals surface area contributed by atoms with Crippen molar-refractivity contribution in [2.45, 2.75) is 84.7 Å². The van der Waals surface area contributed by atoms with Crippen LogP contribution in [0.1, 0.15) is 78.6 Å². The number of esters is 2. The summed E-state index contributed by atoms with van der Waals surface area (Å²) < 4.78 is 10.2. The molecule has 0 N–H and O–H groups in total. The van der Waals surface area contributed by atoms with E-state index in [1.807, 2.05) is 6.92 Å². The van der Waals surface area contributed by atoms with Gasteiger partial charge in [-0.05, 0) is 19.8 Å². The van der Waals surface area contributed by atoms with E-state index >= 15 is 0 Å². The highest BCUT2D eigenvalue weighted by Gasteiger charge is 2.14. The molecule has 20 heavy (non-hydrogen) atoms. The Bertz CT molecular complexity index is 263. The SMILES string of the molecule is CCCCCCCOC(=O)CC(=O)OC(C)CCCC. The number of carbonyl (C=O) groups excluding carboxylic acids is 2. The van der Waals surface area contributed by atoms with Crippen LogP contribution in [0.2, 0.25) is 0 Å². The molecule has 118 valence electrons. The molecule has 0 spiro atoms. The van der Waals surface area contributed by atoms with Crippen molar-refractivity contribution in [3.05, 3.63) is 0 Å². The van der Waals surface area contributed by atoms with Gasteiger partial charge in [-0.25, -0.2) is 0 Å². The predicted molar refractivity (Wildman–Crippen MR) is 79.4 cm³/mol. The molecule has 0 aromatic carbocycles. The van der Waals surface area contributed by atoms with E-state index in [0.717, 1.165) is 32.1 Å². The van der Waals surface area contributed by atoms with Crippen LogP contribution >= 0.6 is 0 Å². The third-order valence-electron chi connectivity index (χ3n) is 3.10. The van der Waals surface area contributed by atoms with Gasteiger partial charge in [0.2, 0.25) is 0 Å². The van der Waals surface area contributed by atoms with Crippen molar-refractivity contribution in [3.63, 3.8) is 0 Å². The Labute approximate surface area is 123 Å². The van der Waals surface area contributed by atoms with Gasteiger partial charge in [0, 0.05) is 0 Å². The molecule has 0 rings (SSSR count). The molecule has 0 saturated carbocycles. The minimum atomic E-state index is -0.482. The Morgan fingerprint density at radius 2 is 1.55 bits per heavy atom. The van der Waals surface area contributed by atoms with Gasteiger partial charge in [-0.3, -0.25) is 9.59 Å². The maximum atomic E-state index is 11.5. The summed E-state index contributed by atoms with van der Waals surface area (Å²) in [5.41, 5.74) is 0. The quantitative estimate of drug-likeness (QED) is 0.309. The second-order valence-electron chi connectivity index (χ2n) is 5.25. The van der Waals surface area contributed by atoms with Gasteiger partial charge in [0.05, 0.1) is 12.7 Å². The number of carbonyl (C=O) groups is 2. The average Bonchev–Trinajstić information content (AvgIpc) is 2.40. The largest absolute Gasteiger partial charge is 0.465 e. The van der Waals surface area contributed by atoms with Crippen LogP contribution in [0.5, 0.6) is 0 Å². The van der Waals surface area contributed by atoms with Crippen molar-refractivity contribution >= 4 is 11.9 Å². The molecule has 0 amide bonds. The first kappa shape index (κ1) is 18.9. The number of hydrogen-bond acceptors (Lipinski definition) is 4. The summed E-state index contributed by atoms with van der Waals surface area (Å²) in [6, 6.07) is 0. The van der Waals surface area contributed by atoms with Crippen molar-refractivity contribution < 1.29 is 19.1 Å². The fourth-order valence-corrected chi connectivity index (χ4v) is 1.88. The van der Waals surface area contributed by atoms with Gasteiger partial charge < -0.3 is 9.47 Å². The summed E-state index contributed by atoms with van der Waals surface area (Å²) in [7, 11) is 0. The lowest BCUT2D eigenvalue weighted by atomic mass is 10.2. The van der Waals surface area contributed by atoms with Gasteiger partial charge in [0.15, 0.2) is 0 Å². The van der Waals surface area contributed by atoms with Crippen LogP contribution in [0.25, 0.3) is 0 Å². The van der Waals surface area contributed by atoms with Crippen molar-refractivity contribution in [2.75, 3.05) is 6.61 Å². The highest BCUT2D eigenvalue weighted by molar-refractivity contribution is 5.91. The molecule has 0 aliphatic carbocycles. The normalized spacial score (nSPS) is 11.9. The highest BCUT2D eigenvalue weighted by atomic mass is 16.6. The zero-order valence-electron chi connectivity index (χ0n) is 13.3. The standard InChI is InChI=1S/C16H30O4/c1-4-6-8-9-10-12-19-15(17)13-16(18)20-14(3)11-7-5-2/h14H,4-13H2,1-3H3. The first-order valence-corrected chi connectivity index (χ1v) is 7.95. The van der Waals surface area contributed by atoms with Gasteiger partial charge in [0.1, 0.15) is 6.42 Å². The minimum absolute atomic E-state index is 0.121. The van der Waals surface area contributed by atoms with Crippen LogP contribution in [0, 0.1) is 0 Å². The second-order valence-corrected chi connectivity index (χ2v) is 5.25. The van der Waals surface area contributed by atoms with Crippen molar-refractivity contribution in [2.24, 2.45) is 0 Å². The topological polar surface area (TPSA) is 52.6 Å². The molecule has 4 heteroatoms. The molecule has 0 aromatic rings.